The van der Waals surface area contributed by atoms with Crippen LogP contribution in [0.1, 0.15) is 19.4 Å². The summed E-state index contributed by atoms with van der Waals surface area (Å²) in [5.41, 5.74) is 5.58. The molecule has 1 aromatic heterocycles. The van der Waals surface area contributed by atoms with E-state index in [-0.39, 0.29) is 17.5 Å². The lowest BCUT2D eigenvalue weighted by Crippen LogP contribution is -2.13. The van der Waals surface area contributed by atoms with Crippen LogP contribution in [0.4, 0.5) is 11.5 Å². The molecule has 0 aromatic carbocycles. The molecule has 7 heteroatoms. The maximum atomic E-state index is 10.6. The number of nitrogen functional groups attached to an aromatic ring is 1. The zero-order valence-electron chi connectivity index (χ0n) is 8.29. The van der Waals surface area contributed by atoms with Crippen molar-refractivity contribution in [2.45, 2.75) is 24.6 Å². The fraction of sp³-hybridized carbons (Fsp3) is 0.625. The number of hydrogen-bond acceptors (Lipinski definition) is 5. The normalized spacial score (nSPS) is 25.7. The van der Waals surface area contributed by atoms with Crippen LogP contribution in [-0.2, 0) is 0 Å². The first kappa shape index (κ1) is 10.3. The standard InChI is InChI=1S/C8H12N4O2S/c1-5-2-6(4-15-5)11-8(9)7(3-10-11)12(13)14/h3,5-6H,2,4,9H2,1H3. The third-order valence-corrected chi connectivity index (χ3v) is 3.87. The van der Waals surface area contributed by atoms with Gasteiger partial charge in [-0.2, -0.15) is 16.9 Å². The van der Waals surface area contributed by atoms with E-state index in [2.05, 4.69) is 12.0 Å². The Morgan fingerprint density at radius 3 is 3.00 bits per heavy atom. The molecular formula is C8H12N4O2S. The van der Waals surface area contributed by atoms with Crippen LogP contribution in [0.25, 0.3) is 0 Å². The summed E-state index contributed by atoms with van der Waals surface area (Å²) >= 11 is 1.84. The molecule has 1 fully saturated rings. The minimum absolute atomic E-state index is 0.0976. The second kappa shape index (κ2) is 3.73. The highest BCUT2D eigenvalue weighted by Gasteiger charge is 2.28. The fourth-order valence-corrected chi connectivity index (χ4v) is 2.95. The maximum Gasteiger partial charge on any atom is 0.330 e. The summed E-state index contributed by atoms with van der Waals surface area (Å²) in [6.45, 7) is 2.14. The first-order valence-corrected chi connectivity index (χ1v) is 5.73. The Hall–Kier alpha value is -1.24. The van der Waals surface area contributed by atoms with Crippen molar-refractivity contribution in [3.8, 4) is 0 Å². The van der Waals surface area contributed by atoms with E-state index >= 15 is 0 Å². The first-order valence-electron chi connectivity index (χ1n) is 4.68. The molecule has 2 unspecified atom stereocenters. The largest absolute Gasteiger partial charge is 0.378 e. The number of nitrogens with two attached hydrogens (primary N) is 1. The molecule has 1 saturated heterocycles. The van der Waals surface area contributed by atoms with E-state index in [1.54, 1.807) is 4.68 Å². The monoisotopic (exact) mass is 228 g/mol. The summed E-state index contributed by atoms with van der Waals surface area (Å²) < 4.78 is 1.58. The number of hydrogen-bond donors (Lipinski definition) is 1. The molecule has 6 nitrogen and oxygen atoms in total. The minimum Gasteiger partial charge on any atom is -0.378 e. The van der Waals surface area contributed by atoms with Crippen molar-refractivity contribution in [3.05, 3.63) is 16.3 Å². The fourth-order valence-electron chi connectivity index (χ4n) is 1.76. The number of aromatic nitrogens is 2. The molecule has 2 heterocycles. The lowest BCUT2D eigenvalue weighted by molar-refractivity contribution is -0.384. The summed E-state index contributed by atoms with van der Waals surface area (Å²) in [4.78, 5) is 10.1. The van der Waals surface area contributed by atoms with Crippen LogP contribution in [0, 0.1) is 10.1 Å². The van der Waals surface area contributed by atoms with Gasteiger partial charge in [-0.15, -0.1) is 0 Å². The van der Waals surface area contributed by atoms with Crippen molar-refractivity contribution in [3.63, 3.8) is 0 Å². The van der Waals surface area contributed by atoms with Gasteiger partial charge in [0.25, 0.3) is 0 Å². The quantitative estimate of drug-likeness (QED) is 0.611. The molecule has 0 radical (unpaired) electrons. The zero-order chi connectivity index (χ0) is 11.0. The van der Waals surface area contributed by atoms with Crippen molar-refractivity contribution >= 4 is 23.3 Å². The predicted molar refractivity (Wildman–Crippen MR) is 58.9 cm³/mol. The first-order chi connectivity index (χ1) is 7.09. The average Bonchev–Trinajstić information content (AvgIpc) is 2.71. The lowest BCUT2D eigenvalue weighted by Gasteiger charge is -2.10. The Labute approximate surface area is 91.0 Å². The van der Waals surface area contributed by atoms with Gasteiger partial charge in [0.1, 0.15) is 6.20 Å². The molecule has 1 aliphatic rings. The van der Waals surface area contributed by atoms with E-state index in [9.17, 15) is 10.1 Å². The molecule has 0 aliphatic carbocycles. The summed E-state index contributed by atoms with van der Waals surface area (Å²) in [7, 11) is 0. The van der Waals surface area contributed by atoms with Crippen LogP contribution < -0.4 is 5.73 Å². The molecule has 1 aliphatic heterocycles. The van der Waals surface area contributed by atoms with Crippen molar-refractivity contribution in [2.24, 2.45) is 0 Å². The van der Waals surface area contributed by atoms with Gasteiger partial charge in [0.2, 0.25) is 5.82 Å². The predicted octanol–water partition coefficient (Wildman–Crippen LogP) is 1.44. The third-order valence-electron chi connectivity index (χ3n) is 2.53. The van der Waals surface area contributed by atoms with Crippen LogP contribution >= 0.6 is 11.8 Å². The van der Waals surface area contributed by atoms with Crippen LogP contribution in [-0.4, -0.2) is 25.7 Å². The topological polar surface area (TPSA) is 87.0 Å². The molecule has 2 rings (SSSR count). The van der Waals surface area contributed by atoms with E-state index in [0.29, 0.717) is 5.25 Å². The van der Waals surface area contributed by atoms with Gasteiger partial charge < -0.3 is 5.73 Å². The highest BCUT2D eigenvalue weighted by atomic mass is 32.2. The second-order valence-corrected chi connectivity index (χ2v) is 5.12. The SMILES string of the molecule is CC1CC(n2ncc([N+](=O)[O-])c2N)CS1. The Morgan fingerprint density at radius 2 is 2.53 bits per heavy atom. The Kier molecular flexibility index (Phi) is 2.56. The van der Waals surface area contributed by atoms with E-state index in [1.165, 1.54) is 6.20 Å². The molecule has 15 heavy (non-hydrogen) atoms. The number of nitrogens with zero attached hydrogens (tertiary/aromatic N) is 3. The number of rotatable bonds is 2. The van der Waals surface area contributed by atoms with Gasteiger partial charge in [0, 0.05) is 11.0 Å². The number of nitro groups is 1. The van der Waals surface area contributed by atoms with Crippen LogP contribution in [0.5, 0.6) is 0 Å². The van der Waals surface area contributed by atoms with Gasteiger partial charge in [-0.3, -0.25) is 10.1 Å². The van der Waals surface area contributed by atoms with Gasteiger partial charge in [-0.1, -0.05) is 6.92 Å². The minimum atomic E-state index is -0.496. The Bertz CT molecular complexity index is 392. The highest BCUT2D eigenvalue weighted by Crippen LogP contribution is 2.36. The van der Waals surface area contributed by atoms with Crippen molar-refractivity contribution in [1.82, 2.24) is 9.78 Å². The molecule has 82 valence electrons. The van der Waals surface area contributed by atoms with Gasteiger partial charge in [-0.25, -0.2) is 4.68 Å². The van der Waals surface area contributed by atoms with Crippen LogP contribution in [0.3, 0.4) is 0 Å². The van der Waals surface area contributed by atoms with Gasteiger partial charge >= 0.3 is 5.69 Å². The molecule has 2 atom stereocenters. The average molecular weight is 228 g/mol. The Morgan fingerprint density at radius 1 is 1.80 bits per heavy atom. The molecule has 0 amide bonds. The highest BCUT2D eigenvalue weighted by molar-refractivity contribution is 8.00. The zero-order valence-corrected chi connectivity index (χ0v) is 9.11. The number of anilines is 1. The van der Waals surface area contributed by atoms with Gasteiger partial charge in [-0.05, 0) is 6.42 Å². The molecule has 1 aromatic rings. The van der Waals surface area contributed by atoms with E-state index in [4.69, 9.17) is 5.73 Å². The summed E-state index contributed by atoms with van der Waals surface area (Å²) in [6, 6.07) is 0.193. The van der Waals surface area contributed by atoms with Crippen LogP contribution in [0.2, 0.25) is 0 Å². The molecular weight excluding hydrogens is 216 g/mol. The summed E-state index contributed by atoms with van der Waals surface area (Å²) in [5.74, 6) is 1.09. The smallest absolute Gasteiger partial charge is 0.330 e. The summed E-state index contributed by atoms with van der Waals surface area (Å²) in [6.07, 6.45) is 2.19. The number of thioether (sulfide) groups is 1. The van der Waals surface area contributed by atoms with Gasteiger partial charge in [0.05, 0.1) is 11.0 Å². The van der Waals surface area contributed by atoms with Gasteiger partial charge in [0.15, 0.2) is 0 Å². The summed E-state index contributed by atoms with van der Waals surface area (Å²) in [5, 5.41) is 15.1. The second-order valence-electron chi connectivity index (χ2n) is 3.65. The van der Waals surface area contributed by atoms with Crippen molar-refractivity contribution in [2.75, 3.05) is 11.5 Å². The maximum absolute atomic E-state index is 10.6. The van der Waals surface area contributed by atoms with Crippen molar-refractivity contribution in [1.29, 1.82) is 0 Å². The van der Waals surface area contributed by atoms with E-state index in [0.717, 1.165) is 12.2 Å². The van der Waals surface area contributed by atoms with Crippen molar-refractivity contribution < 1.29 is 4.92 Å². The molecule has 0 saturated carbocycles. The third kappa shape index (κ3) is 1.79. The van der Waals surface area contributed by atoms with E-state index in [1.807, 2.05) is 11.8 Å². The molecule has 2 N–H and O–H groups in total. The van der Waals surface area contributed by atoms with E-state index < -0.39 is 4.92 Å². The van der Waals surface area contributed by atoms with Crippen LogP contribution in [0.15, 0.2) is 6.20 Å². The molecule has 0 bridgehead atoms. The molecule has 0 spiro atoms. The lowest BCUT2D eigenvalue weighted by atomic mass is 10.2. The Balaban J connectivity index is 2.26.